The highest BCUT2D eigenvalue weighted by Crippen LogP contribution is 2.43. The second-order valence-electron chi connectivity index (χ2n) is 7.34. The van der Waals surface area contributed by atoms with Crippen LogP contribution in [0, 0.1) is 29.1 Å². The normalized spacial score (nSPS) is 19.4. The van der Waals surface area contributed by atoms with Gasteiger partial charge >= 0.3 is 0 Å². The van der Waals surface area contributed by atoms with E-state index in [9.17, 15) is 0 Å². The summed E-state index contributed by atoms with van der Waals surface area (Å²) in [5.74, 6) is 3.34. The van der Waals surface area contributed by atoms with Gasteiger partial charge in [-0.2, -0.15) is 0 Å². The molecular weight excluding hydrogens is 204 g/mol. The van der Waals surface area contributed by atoms with Crippen molar-refractivity contribution in [2.45, 2.75) is 81.1 Å². The third kappa shape index (κ3) is 5.93. The van der Waals surface area contributed by atoms with Gasteiger partial charge in [-0.25, -0.2) is 0 Å². The highest BCUT2D eigenvalue weighted by Gasteiger charge is 2.33. The van der Waals surface area contributed by atoms with Crippen LogP contribution < -0.4 is 0 Å². The average molecular weight is 240 g/mol. The van der Waals surface area contributed by atoms with E-state index in [1.165, 1.54) is 25.7 Å². The van der Waals surface area contributed by atoms with Gasteiger partial charge in [-0.05, 0) is 41.9 Å². The Bertz CT molecular complexity index is 192. The lowest BCUT2D eigenvalue weighted by atomic mass is 9.65. The summed E-state index contributed by atoms with van der Waals surface area (Å²) < 4.78 is 0. The first-order valence-corrected chi connectivity index (χ1v) is 7.73. The van der Waals surface area contributed by atoms with Crippen LogP contribution >= 0.6 is 0 Å². The van der Waals surface area contributed by atoms with E-state index in [0.29, 0.717) is 5.41 Å². The molecule has 0 radical (unpaired) electrons. The Kier molecular flexibility index (Phi) is 7.44. The first-order valence-electron chi connectivity index (χ1n) is 7.73. The molecule has 3 unspecified atom stereocenters. The second-order valence-corrected chi connectivity index (χ2v) is 7.34. The molecule has 0 heterocycles. The lowest BCUT2D eigenvalue weighted by molar-refractivity contribution is 0.0955. The van der Waals surface area contributed by atoms with E-state index in [0.717, 1.165) is 23.7 Å². The van der Waals surface area contributed by atoms with Gasteiger partial charge in [-0.1, -0.05) is 68.2 Å². The van der Waals surface area contributed by atoms with Gasteiger partial charge in [-0.3, -0.25) is 0 Å². The van der Waals surface area contributed by atoms with Crippen LogP contribution in [0.1, 0.15) is 81.1 Å². The first kappa shape index (κ1) is 17.0. The molecule has 0 fully saturated rings. The molecule has 104 valence electrons. The predicted octanol–water partition coefficient (Wildman–Crippen LogP) is 6.16. The van der Waals surface area contributed by atoms with Crippen molar-refractivity contribution in [3.8, 4) is 0 Å². The van der Waals surface area contributed by atoms with Crippen molar-refractivity contribution < 1.29 is 0 Å². The fourth-order valence-corrected chi connectivity index (χ4v) is 2.88. The predicted molar refractivity (Wildman–Crippen MR) is 80.3 cm³/mol. The average Bonchev–Trinajstić information content (AvgIpc) is 2.25. The van der Waals surface area contributed by atoms with Gasteiger partial charge in [0.25, 0.3) is 0 Å². The lowest BCUT2D eigenvalue weighted by Crippen LogP contribution is -2.31. The van der Waals surface area contributed by atoms with Crippen molar-refractivity contribution in [1.82, 2.24) is 0 Å². The van der Waals surface area contributed by atoms with Gasteiger partial charge in [0, 0.05) is 0 Å². The van der Waals surface area contributed by atoms with Crippen LogP contribution in [0.2, 0.25) is 0 Å². The minimum absolute atomic E-state index is 0.536. The molecule has 0 rings (SSSR count). The highest BCUT2D eigenvalue weighted by atomic mass is 14.4. The monoisotopic (exact) mass is 240 g/mol. The molecule has 0 saturated carbocycles. The number of rotatable bonds is 8. The highest BCUT2D eigenvalue weighted by molar-refractivity contribution is 4.83. The zero-order chi connectivity index (χ0) is 13.6. The van der Waals surface area contributed by atoms with E-state index in [4.69, 9.17) is 0 Å². The molecule has 0 saturated heterocycles. The third-order valence-electron chi connectivity index (χ3n) is 4.90. The smallest absolute Gasteiger partial charge is 0.0295 e. The molecular formula is C17H36. The molecule has 0 spiro atoms. The van der Waals surface area contributed by atoms with E-state index >= 15 is 0 Å². The summed E-state index contributed by atoms with van der Waals surface area (Å²) in [7, 11) is 0. The van der Waals surface area contributed by atoms with Crippen LogP contribution in [0.15, 0.2) is 0 Å². The molecule has 0 aromatic heterocycles. The minimum atomic E-state index is 0.536. The van der Waals surface area contributed by atoms with Crippen LogP contribution in [0.3, 0.4) is 0 Å². The van der Waals surface area contributed by atoms with Crippen LogP contribution in [0.25, 0.3) is 0 Å². The first-order chi connectivity index (χ1) is 7.73. The van der Waals surface area contributed by atoms with Gasteiger partial charge in [0.15, 0.2) is 0 Å². The van der Waals surface area contributed by atoms with Crippen molar-refractivity contribution in [3.05, 3.63) is 0 Å². The Hall–Kier alpha value is 0. The van der Waals surface area contributed by atoms with Crippen molar-refractivity contribution >= 4 is 0 Å². The fraction of sp³-hybridized carbons (Fsp3) is 1.00. The SMILES string of the molecule is CCC(C)CC(C)(CCC(C)C)C(C)C(C)C. The van der Waals surface area contributed by atoms with E-state index in [1.54, 1.807) is 0 Å². The van der Waals surface area contributed by atoms with E-state index in [1.807, 2.05) is 0 Å². The van der Waals surface area contributed by atoms with Crippen LogP contribution in [0.4, 0.5) is 0 Å². The summed E-state index contributed by atoms with van der Waals surface area (Å²) in [6.07, 6.45) is 5.50. The Morgan fingerprint density at radius 1 is 0.941 bits per heavy atom. The van der Waals surface area contributed by atoms with E-state index in [-0.39, 0.29) is 0 Å². The maximum absolute atomic E-state index is 2.53. The zero-order valence-electron chi connectivity index (χ0n) is 13.6. The summed E-state index contributed by atoms with van der Waals surface area (Å²) in [6, 6.07) is 0. The maximum atomic E-state index is 2.53. The van der Waals surface area contributed by atoms with Gasteiger partial charge in [0.05, 0.1) is 0 Å². The van der Waals surface area contributed by atoms with Crippen LogP contribution in [0.5, 0.6) is 0 Å². The number of hydrogen-bond donors (Lipinski definition) is 0. The lowest BCUT2D eigenvalue weighted by Gasteiger charge is -2.40. The molecule has 0 bridgehead atoms. The van der Waals surface area contributed by atoms with E-state index < -0.39 is 0 Å². The van der Waals surface area contributed by atoms with Gasteiger partial charge in [-0.15, -0.1) is 0 Å². The molecule has 0 aliphatic carbocycles. The molecule has 0 nitrogen and oxygen atoms in total. The van der Waals surface area contributed by atoms with Crippen LogP contribution in [-0.4, -0.2) is 0 Å². The summed E-state index contributed by atoms with van der Waals surface area (Å²) in [5, 5.41) is 0. The van der Waals surface area contributed by atoms with Crippen LogP contribution in [-0.2, 0) is 0 Å². The second kappa shape index (κ2) is 7.44. The molecule has 0 heteroatoms. The molecule has 0 aromatic carbocycles. The molecule has 0 aromatic rings. The molecule has 0 aliphatic heterocycles. The molecule has 0 amide bonds. The van der Waals surface area contributed by atoms with Crippen molar-refractivity contribution in [2.24, 2.45) is 29.1 Å². The Morgan fingerprint density at radius 2 is 1.47 bits per heavy atom. The zero-order valence-corrected chi connectivity index (χ0v) is 13.6. The fourth-order valence-electron chi connectivity index (χ4n) is 2.88. The molecule has 17 heavy (non-hydrogen) atoms. The largest absolute Gasteiger partial charge is 0.0651 e. The third-order valence-corrected chi connectivity index (χ3v) is 4.90. The molecule has 3 atom stereocenters. The van der Waals surface area contributed by atoms with Crippen molar-refractivity contribution in [2.75, 3.05) is 0 Å². The Morgan fingerprint density at radius 3 is 1.82 bits per heavy atom. The summed E-state index contributed by atoms with van der Waals surface area (Å²) in [4.78, 5) is 0. The molecule has 0 N–H and O–H groups in total. The summed E-state index contributed by atoms with van der Waals surface area (Å²) in [6.45, 7) is 19.2. The van der Waals surface area contributed by atoms with Crippen molar-refractivity contribution in [3.63, 3.8) is 0 Å². The maximum Gasteiger partial charge on any atom is -0.0295 e. The van der Waals surface area contributed by atoms with E-state index in [2.05, 4.69) is 55.4 Å². The quantitative estimate of drug-likeness (QED) is 0.477. The van der Waals surface area contributed by atoms with Gasteiger partial charge in [0.2, 0.25) is 0 Å². The van der Waals surface area contributed by atoms with Crippen molar-refractivity contribution in [1.29, 1.82) is 0 Å². The van der Waals surface area contributed by atoms with Gasteiger partial charge < -0.3 is 0 Å². The Labute approximate surface area is 111 Å². The van der Waals surface area contributed by atoms with Gasteiger partial charge in [0.1, 0.15) is 0 Å². The summed E-state index contributed by atoms with van der Waals surface area (Å²) in [5.41, 5.74) is 0.536. The molecule has 0 aliphatic rings. The summed E-state index contributed by atoms with van der Waals surface area (Å²) >= 11 is 0. The standard InChI is InChI=1S/C17H36/c1-9-15(6)12-17(8,11-10-13(2)3)16(7)14(4)5/h13-16H,9-12H2,1-8H3. The minimum Gasteiger partial charge on any atom is -0.0651 e. The topological polar surface area (TPSA) is 0 Å². The Balaban J connectivity index is 4.67. The number of hydrogen-bond acceptors (Lipinski definition) is 0.